The fraction of sp³-hybridized carbons (Fsp3) is 0.435. The highest BCUT2D eigenvalue weighted by Crippen LogP contribution is 2.30. The number of sulfonamides is 1. The third-order valence-electron chi connectivity index (χ3n) is 5.90. The van der Waals surface area contributed by atoms with Crippen molar-refractivity contribution in [1.82, 2.24) is 9.21 Å². The van der Waals surface area contributed by atoms with Gasteiger partial charge in [0.05, 0.1) is 4.90 Å². The van der Waals surface area contributed by atoms with Crippen molar-refractivity contribution in [2.75, 3.05) is 26.2 Å². The molecule has 1 aliphatic heterocycles. The SMILES string of the molecule is CCN(CC)S(=O)(=O)c1cc(C(=O)N2CCC(c3ccc(O)cc3)CC2)ccc1C. The number of phenols is 1. The molecule has 2 aromatic rings. The smallest absolute Gasteiger partial charge is 0.253 e. The van der Waals surface area contributed by atoms with Crippen LogP contribution in [-0.2, 0) is 10.0 Å². The summed E-state index contributed by atoms with van der Waals surface area (Å²) in [4.78, 5) is 15.1. The number of rotatable bonds is 6. The highest BCUT2D eigenvalue weighted by molar-refractivity contribution is 7.89. The molecule has 1 N–H and O–H groups in total. The van der Waals surface area contributed by atoms with Crippen LogP contribution in [0.15, 0.2) is 47.4 Å². The van der Waals surface area contributed by atoms with Crippen LogP contribution in [0.5, 0.6) is 5.75 Å². The van der Waals surface area contributed by atoms with Crippen LogP contribution in [0.2, 0.25) is 0 Å². The lowest BCUT2D eigenvalue weighted by molar-refractivity contribution is 0.0712. The minimum atomic E-state index is -3.62. The Morgan fingerprint density at radius 2 is 1.67 bits per heavy atom. The van der Waals surface area contributed by atoms with Crippen molar-refractivity contribution < 1.29 is 18.3 Å². The number of amides is 1. The van der Waals surface area contributed by atoms with E-state index in [-0.39, 0.29) is 16.6 Å². The molecule has 0 spiro atoms. The number of aromatic hydroxyl groups is 1. The normalized spacial score (nSPS) is 15.5. The van der Waals surface area contributed by atoms with Crippen molar-refractivity contribution in [3.05, 3.63) is 59.2 Å². The van der Waals surface area contributed by atoms with Crippen LogP contribution in [0.1, 0.15) is 54.1 Å². The van der Waals surface area contributed by atoms with Gasteiger partial charge in [0.15, 0.2) is 0 Å². The average Bonchev–Trinajstić information content (AvgIpc) is 2.75. The van der Waals surface area contributed by atoms with Gasteiger partial charge in [0.2, 0.25) is 10.0 Å². The van der Waals surface area contributed by atoms with Gasteiger partial charge in [-0.1, -0.05) is 32.0 Å². The van der Waals surface area contributed by atoms with E-state index in [4.69, 9.17) is 0 Å². The van der Waals surface area contributed by atoms with Gasteiger partial charge in [0.1, 0.15) is 5.75 Å². The van der Waals surface area contributed by atoms with E-state index in [0.717, 1.165) is 12.8 Å². The van der Waals surface area contributed by atoms with E-state index in [1.807, 2.05) is 26.0 Å². The van der Waals surface area contributed by atoms with E-state index in [2.05, 4.69) is 0 Å². The number of hydrogen-bond acceptors (Lipinski definition) is 4. The number of nitrogens with zero attached hydrogens (tertiary/aromatic N) is 2. The lowest BCUT2D eigenvalue weighted by Crippen LogP contribution is -2.38. The second-order valence-corrected chi connectivity index (χ2v) is 9.63. The fourth-order valence-corrected chi connectivity index (χ4v) is 5.77. The standard InChI is InChI=1S/C23H30N2O4S/c1-4-25(5-2)30(28,29)22-16-20(7-6-17(22)3)23(27)24-14-12-19(13-15-24)18-8-10-21(26)11-9-18/h6-11,16,19,26H,4-5,12-15H2,1-3H3. The molecule has 3 rings (SSSR count). The first-order valence-corrected chi connectivity index (χ1v) is 11.9. The van der Waals surface area contributed by atoms with Crippen LogP contribution in [-0.4, -0.2) is 54.8 Å². The van der Waals surface area contributed by atoms with Crippen LogP contribution in [0.3, 0.4) is 0 Å². The molecule has 0 aromatic heterocycles. The summed E-state index contributed by atoms with van der Waals surface area (Å²) < 4.78 is 27.4. The van der Waals surface area contributed by atoms with Crippen LogP contribution in [0.25, 0.3) is 0 Å². The van der Waals surface area contributed by atoms with Gasteiger partial charge in [-0.3, -0.25) is 4.79 Å². The molecule has 30 heavy (non-hydrogen) atoms. The second-order valence-electron chi connectivity index (χ2n) is 7.73. The van der Waals surface area contributed by atoms with E-state index >= 15 is 0 Å². The predicted octanol–water partition coefficient (Wildman–Crippen LogP) is 3.75. The summed E-state index contributed by atoms with van der Waals surface area (Å²) in [6.07, 6.45) is 1.68. The number of piperidine rings is 1. The second kappa shape index (κ2) is 9.18. The van der Waals surface area contributed by atoms with Gasteiger partial charge in [-0.25, -0.2) is 8.42 Å². The van der Waals surface area contributed by atoms with Crippen molar-refractivity contribution >= 4 is 15.9 Å². The molecule has 1 fully saturated rings. The summed E-state index contributed by atoms with van der Waals surface area (Å²) in [5.41, 5.74) is 2.22. The van der Waals surface area contributed by atoms with Gasteiger partial charge in [-0.15, -0.1) is 0 Å². The van der Waals surface area contributed by atoms with Gasteiger partial charge >= 0.3 is 0 Å². The Balaban J connectivity index is 1.76. The first kappa shape index (κ1) is 22.3. The molecule has 0 bridgehead atoms. The maximum Gasteiger partial charge on any atom is 0.253 e. The predicted molar refractivity (Wildman–Crippen MR) is 117 cm³/mol. The molecule has 7 heteroatoms. The zero-order valence-corrected chi connectivity index (χ0v) is 18.7. The summed E-state index contributed by atoms with van der Waals surface area (Å²) in [5.74, 6) is 0.475. The molecule has 1 saturated heterocycles. The Bertz CT molecular complexity index is 990. The number of hydrogen-bond donors (Lipinski definition) is 1. The quantitative estimate of drug-likeness (QED) is 0.757. The maximum absolute atomic E-state index is 13.1. The largest absolute Gasteiger partial charge is 0.508 e. The highest BCUT2D eigenvalue weighted by atomic mass is 32.2. The molecular formula is C23H30N2O4S. The van der Waals surface area contributed by atoms with Gasteiger partial charge < -0.3 is 10.0 Å². The molecule has 0 aliphatic carbocycles. The molecule has 6 nitrogen and oxygen atoms in total. The van der Waals surface area contributed by atoms with E-state index in [1.165, 1.54) is 15.9 Å². The topological polar surface area (TPSA) is 77.9 Å². The van der Waals surface area contributed by atoms with E-state index < -0.39 is 10.0 Å². The first-order chi connectivity index (χ1) is 14.3. The number of phenolic OH excluding ortho intramolecular Hbond substituents is 1. The monoisotopic (exact) mass is 430 g/mol. The molecule has 0 radical (unpaired) electrons. The minimum Gasteiger partial charge on any atom is -0.508 e. The first-order valence-electron chi connectivity index (χ1n) is 10.5. The van der Waals surface area contributed by atoms with Crippen molar-refractivity contribution in [3.63, 3.8) is 0 Å². The van der Waals surface area contributed by atoms with E-state index in [1.54, 1.807) is 36.1 Å². The Kier molecular flexibility index (Phi) is 6.83. The number of carbonyl (C=O) groups is 1. The summed E-state index contributed by atoms with van der Waals surface area (Å²) in [5, 5.41) is 9.46. The lowest BCUT2D eigenvalue weighted by atomic mass is 9.89. The van der Waals surface area contributed by atoms with Crippen LogP contribution in [0, 0.1) is 6.92 Å². The summed E-state index contributed by atoms with van der Waals surface area (Å²) in [6.45, 7) is 7.40. The summed E-state index contributed by atoms with van der Waals surface area (Å²) >= 11 is 0. The molecule has 1 amide bonds. The van der Waals surface area contributed by atoms with Crippen LogP contribution >= 0.6 is 0 Å². The van der Waals surface area contributed by atoms with E-state index in [0.29, 0.717) is 43.2 Å². The Morgan fingerprint density at radius 3 is 2.23 bits per heavy atom. The minimum absolute atomic E-state index is 0.129. The molecule has 0 saturated carbocycles. The number of aryl methyl sites for hydroxylation is 1. The zero-order chi connectivity index (χ0) is 21.9. The Hall–Kier alpha value is -2.38. The van der Waals surface area contributed by atoms with Crippen molar-refractivity contribution in [1.29, 1.82) is 0 Å². The highest BCUT2D eigenvalue weighted by Gasteiger charge is 2.28. The van der Waals surface area contributed by atoms with Gasteiger partial charge in [-0.05, 0) is 61.1 Å². The maximum atomic E-state index is 13.1. The summed E-state index contributed by atoms with van der Waals surface area (Å²) in [7, 11) is -3.62. The lowest BCUT2D eigenvalue weighted by Gasteiger charge is -2.32. The van der Waals surface area contributed by atoms with Crippen molar-refractivity contribution in [2.45, 2.75) is 44.4 Å². The van der Waals surface area contributed by atoms with Gasteiger partial charge in [-0.2, -0.15) is 4.31 Å². The molecule has 162 valence electrons. The van der Waals surface area contributed by atoms with Crippen LogP contribution < -0.4 is 0 Å². The number of benzene rings is 2. The Morgan fingerprint density at radius 1 is 1.07 bits per heavy atom. The molecule has 1 heterocycles. The molecule has 1 aliphatic rings. The third kappa shape index (κ3) is 4.52. The summed E-state index contributed by atoms with van der Waals surface area (Å²) in [6, 6.07) is 12.2. The third-order valence-corrected chi connectivity index (χ3v) is 8.10. The zero-order valence-electron chi connectivity index (χ0n) is 17.8. The van der Waals surface area contributed by atoms with Crippen LogP contribution in [0.4, 0.5) is 0 Å². The molecule has 0 unspecified atom stereocenters. The number of carbonyl (C=O) groups excluding carboxylic acids is 1. The van der Waals surface area contributed by atoms with Crippen molar-refractivity contribution in [2.24, 2.45) is 0 Å². The Labute approximate surface area is 179 Å². The molecule has 2 aromatic carbocycles. The van der Waals surface area contributed by atoms with Gasteiger partial charge in [0.25, 0.3) is 5.91 Å². The average molecular weight is 431 g/mol. The van der Waals surface area contributed by atoms with E-state index in [9.17, 15) is 18.3 Å². The fourth-order valence-electron chi connectivity index (χ4n) is 4.06. The molecular weight excluding hydrogens is 400 g/mol. The molecule has 0 atom stereocenters. The number of likely N-dealkylation sites (tertiary alicyclic amines) is 1. The van der Waals surface area contributed by atoms with Gasteiger partial charge in [0, 0.05) is 31.7 Å². The van der Waals surface area contributed by atoms with Crippen molar-refractivity contribution in [3.8, 4) is 5.75 Å².